The van der Waals surface area contributed by atoms with Crippen LogP contribution in [0.3, 0.4) is 0 Å². The molecule has 0 saturated carbocycles. The fraction of sp³-hybridized carbons (Fsp3) is 0.353. The Balaban J connectivity index is 2.29. The second-order valence-electron chi connectivity index (χ2n) is 6.88. The van der Waals surface area contributed by atoms with E-state index >= 15 is 0 Å². The standard InChI is InChI=1S/C17H10F12N4O3S/c18-10(19)13(20,21)15(24,25)17(28,29)16(26,27)14(22,23)11(34)32-8-2-4-9(5-3-8)37(35,36)33-12-30-6-1-7-31-12/h1-7,10H,(H,32,34)(H,30,31,33). The number of alkyl halides is 12. The quantitative estimate of drug-likeness (QED) is 0.400. The zero-order chi connectivity index (χ0) is 28.7. The number of carbonyl (C=O) groups is 1. The molecule has 0 bridgehead atoms. The summed E-state index contributed by atoms with van der Waals surface area (Å²) in [7, 11) is -4.44. The Morgan fingerprint density at radius 1 is 0.784 bits per heavy atom. The molecular formula is C17H10F12N4O3S. The summed E-state index contributed by atoms with van der Waals surface area (Å²) in [6, 6.07) is 3.40. The molecule has 0 atom stereocenters. The molecular weight excluding hydrogens is 568 g/mol. The molecule has 0 unspecified atom stereocenters. The summed E-state index contributed by atoms with van der Waals surface area (Å²) in [5.41, 5.74) is -0.983. The predicted octanol–water partition coefficient (Wildman–Crippen LogP) is 4.66. The summed E-state index contributed by atoms with van der Waals surface area (Å²) in [5.74, 6) is -41.2. The summed E-state index contributed by atoms with van der Waals surface area (Å²) in [4.78, 5) is 18.0. The molecule has 0 radical (unpaired) electrons. The van der Waals surface area contributed by atoms with E-state index in [9.17, 15) is 65.9 Å². The zero-order valence-electron chi connectivity index (χ0n) is 17.2. The minimum Gasteiger partial charge on any atom is -0.321 e. The first kappa shape index (κ1) is 29.9. The van der Waals surface area contributed by atoms with Crippen LogP contribution in [0.5, 0.6) is 0 Å². The average Bonchev–Trinajstić information content (AvgIpc) is 2.79. The monoisotopic (exact) mass is 578 g/mol. The number of carbonyl (C=O) groups excluding carboxylic acids is 1. The molecule has 2 rings (SSSR count). The molecule has 0 aliphatic carbocycles. The number of hydrogen-bond acceptors (Lipinski definition) is 5. The van der Waals surface area contributed by atoms with E-state index in [4.69, 9.17) is 0 Å². The molecule has 0 aliphatic heterocycles. The van der Waals surface area contributed by atoms with Crippen LogP contribution < -0.4 is 10.0 Å². The fourth-order valence-electron chi connectivity index (χ4n) is 2.34. The number of nitrogens with one attached hydrogen (secondary N) is 2. The topological polar surface area (TPSA) is 101 Å². The van der Waals surface area contributed by atoms with Crippen molar-refractivity contribution in [3.05, 3.63) is 42.7 Å². The van der Waals surface area contributed by atoms with Crippen LogP contribution in [-0.2, 0) is 14.8 Å². The number of anilines is 2. The van der Waals surface area contributed by atoms with Crippen molar-refractivity contribution < 1.29 is 65.9 Å². The van der Waals surface area contributed by atoms with Gasteiger partial charge in [-0.1, -0.05) is 0 Å². The second kappa shape index (κ2) is 9.53. The van der Waals surface area contributed by atoms with E-state index in [0.717, 1.165) is 17.7 Å². The smallest absolute Gasteiger partial charge is 0.321 e. The number of sulfonamides is 1. The Kier molecular flexibility index (Phi) is 7.70. The first-order valence-electron chi connectivity index (χ1n) is 9.01. The Labute approximate surface area is 197 Å². The molecule has 37 heavy (non-hydrogen) atoms. The Morgan fingerprint density at radius 3 is 1.73 bits per heavy atom. The summed E-state index contributed by atoms with van der Waals surface area (Å²) < 4.78 is 185. The van der Waals surface area contributed by atoms with Crippen LogP contribution in [0.2, 0.25) is 0 Å². The predicted molar refractivity (Wildman–Crippen MR) is 98.7 cm³/mol. The van der Waals surface area contributed by atoms with E-state index in [1.807, 2.05) is 4.72 Å². The number of rotatable bonds is 10. The van der Waals surface area contributed by atoms with Gasteiger partial charge in [-0.2, -0.15) is 43.9 Å². The van der Waals surface area contributed by atoms with Gasteiger partial charge in [-0.15, -0.1) is 0 Å². The third-order valence-corrected chi connectivity index (χ3v) is 5.72. The van der Waals surface area contributed by atoms with Crippen LogP contribution in [0.4, 0.5) is 64.3 Å². The van der Waals surface area contributed by atoms with Crippen LogP contribution in [0.1, 0.15) is 0 Å². The molecule has 1 aromatic carbocycles. The molecule has 2 N–H and O–H groups in total. The van der Waals surface area contributed by atoms with E-state index in [-0.39, 0.29) is 0 Å². The van der Waals surface area contributed by atoms with Gasteiger partial charge in [0, 0.05) is 18.1 Å². The number of nitrogens with zero attached hydrogens (tertiary/aromatic N) is 2. The summed E-state index contributed by atoms with van der Waals surface area (Å²) in [6.45, 7) is 0. The lowest BCUT2D eigenvalue weighted by Crippen LogP contribution is -2.70. The maximum atomic E-state index is 13.9. The van der Waals surface area contributed by atoms with Crippen LogP contribution in [0.15, 0.2) is 47.6 Å². The SMILES string of the molecule is O=C(Nc1ccc(S(=O)(=O)Nc2ncccn2)cc1)C(F)(F)C(F)(F)C(F)(F)C(F)(F)C(F)(F)C(F)F. The highest BCUT2D eigenvalue weighted by Gasteiger charge is 2.89. The lowest BCUT2D eigenvalue weighted by atomic mass is 9.94. The van der Waals surface area contributed by atoms with E-state index in [1.165, 1.54) is 6.07 Å². The molecule has 2 aromatic rings. The normalized spacial score (nSPS) is 14.0. The van der Waals surface area contributed by atoms with Crippen molar-refractivity contribution in [1.82, 2.24) is 9.97 Å². The van der Waals surface area contributed by atoms with Crippen LogP contribution in [0, 0.1) is 0 Å². The van der Waals surface area contributed by atoms with Crippen molar-refractivity contribution in [1.29, 1.82) is 0 Å². The lowest BCUT2D eigenvalue weighted by molar-refractivity contribution is -0.406. The summed E-state index contributed by atoms with van der Waals surface area (Å²) in [5, 5.41) is 0.879. The summed E-state index contributed by atoms with van der Waals surface area (Å²) in [6.07, 6.45) is -3.38. The molecule has 1 heterocycles. The number of hydrogen-bond donors (Lipinski definition) is 2. The van der Waals surface area contributed by atoms with E-state index < -0.39 is 68.5 Å². The van der Waals surface area contributed by atoms with Crippen molar-refractivity contribution >= 4 is 27.6 Å². The van der Waals surface area contributed by atoms with Gasteiger partial charge in [-0.3, -0.25) is 4.79 Å². The largest absolute Gasteiger partial charge is 0.393 e. The third-order valence-electron chi connectivity index (χ3n) is 4.37. The highest BCUT2D eigenvalue weighted by Crippen LogP contribution is 2.58. The molecule has 206 valence electrons. The van der Waals surface area contributed by atoms with E-state index in [1.54, 1.807) is 0 Å². The molecule has 1 amide bonds. The zero-order valence-corrected chi connectivity index (χ0v) is 18.0. The van der Waals surface area contributed by atoms with Crippen LogP contribution >= 0.6 is 0 Å². The second-order valence-corrected chi connectivity index (χ2v) is 8.56. The summed E-state index contributed by atoms with van der Waals surface area (Å²) >= 11 is 0. The number of benzene rings is 1. The highest BCUT2D eigenvalue weighted by molar-refractivity contribution is 7.92. The minimum atomic E-state index is -7.87. The lowest BCUT2D eigenvalue weighted by Gasteiger charge is -2.38. The first-order valence-corrected chi connectivity index (χ1v) is 10.5. The average molecular weight is 578 g/mol. The van der Waals surface area contributed by atoms with Gasteiger partial charge in [-0.25, -0.2) is 31.9 Å². The van der Waals surface area contributed by atoms with Gasteiger partial charge in [0.05, 0.1) is 4.90 Å². The molecule has 0 aliphatic rings. The number of aromatic nitrogens is 2. The van der Waals surface area contributed by atoms with Gasteiger partial charge in [-0.05, 0) is 30.3 Å². The van der Waals surface area contributed by atoms with Gasteiger partial charge in [0.2, 0.25) is 5.95 Å². The minimum absolute atomic E-state index is 0.420. The Morgan fingerprint density at radius 2 is 1.27 bits per heavy atom. The number of amides is 1. The van der Waals surface area contributed by atoms with Crippen LogP contribution in [-0.4, -0.2) is 60.3 Å². The van der Waals surface area contributed by atoms with Crippen molar-refractivity contribution in [3.63, 3.8) is 0 Å². The fourth-order valence-corrected chi connectivity index (χ4v) is 3.30. The molecule has 7 nitrogen and oxygen atoms in total. The van der Waals surface area contributed by atoms with Gasteiger partial charge in [0.1, 0.15) is 0 Å². The van der Waals surface area contributed by atoms with E-state index in [0.29, 0.717) is 24.3 Å². The first-order chi connectivity index (χ1) is 16.6. The van der Waals surface area contributed by atoms with Gasteiger partial charge in [0.15, 0.2) is 0 Å². The molecule has 1 aromatic heterocycles. The molecule has 20 heteroatoms. The number of halogens is 12. The third kappa shape index (κ3) is 5.10. The van der Waals surface area contributed by atoms with Gasteiger partial charge < -0.3 is 5.32 Å². The molecule has 0 fully saturated rings. The van der Waals surface area contributed by atoms with Crippen molar-refractivity contribution in [2.75, 3.05) is 10.0 Å². The van der Waals surface area contributed by atoms with Gasteiger partial charge in [0.25, 0.3) is 10.0 Å². The highest BCUT2D eigenvalue weighted by atomic mass is 32.2. The van der Waals surface area contributed by atoms with Crippen molar-refractivity contribution in [2.24, 2.45) is 0 Å². The maximum Gasteiger partial charge on any atom is 0.393 e. The van der Waals surface area contributed by atoms with E-state index in [2.05, 4.69) is 9.97 Å². The molecule has 0 saturated heterocycles. The molecule has 0 spiro atoms. The van der Waals surface area contributed by atoms with Crippen molar-refractivity contribution in [2.45, 2.75) is 40.9 Å². The maximum absolute atomic E-state index is 13.9. The Hall–Kier alpha value is -3.32. The van der Waals surface area contributed by atoms with Crippen LogP contribution in [0.25, 0.3) is 0 Å². The van der Waals surface area contributed by atoms with Crippen molar-refractivity contribution in [3.8, 4) is 0 Å². The Bertz CT molecular complexity index is 1230. The van der Waals surface area contributed by atoms with Gasteiger partial charge >= 0.3 is 41.9 Å².